The van der Waals surface area contributed by atoms with Gasteiger partial charge in [0.15, 0.2) is 0 Å². The van der Waals surface area contributed by atoms with Crippen molar-refractivity contribution in [3.05, 3.63) is 0 Å². The molecule has 0 aromatic heterocycles. The monoisotopic (exact) mass is 140 g/mol. The molecule has 2 aliphatic rings. The van der Waals surface area contributed by atoms with Crippen LogP contribution in [-0.2, 0) is 0 Å². The van der Waals surface area contributed by atoms with Crippen molar-refractivity contribution in [3.63, 3.8) is 0 Å². The van der Waals surface area contributed by atoms with E-state index in [2.05, 4.69) is 10.6 Å². The average Bonchev–Trinajstić information content (AvgIpc) is 2.05. The van der Waals surface area contributed by atoms with Crippen LogP contribution in [-0.4, -0.2) is 26.2 Å². The van der Waals surface area contributed by atoms with E-state index in [1.165, 1.54) is 39.0 Å². The Hall–Kier alpha value is -0.0800. The van der Waals surface area contributed by atoms with Crippen molar-refractivity contribution in [2.24, 2.45) is 11.8 Å². The van der Waals surface area contributed by atoms with Crippen LogP contribution in [0.3, 0.4) is 0 Å². The molecule has 0 bridgehead atoms. The third-order valence-corrected chi connectivity index (χ3v) is 2.86. The van der Waals surface area contributed by atoms with E-state index in [1.54, 1.807) is 0 Å². The summed E-state index contributed by atoms with van der Waals surface area (Å²) in [6.07, 6.45) is 2.77. The molecule has 0 saturated carbocycles. The number of hydrogen-bond acceptors (Lipinski definition) is 2. The normalized spacial score (nSPS) is 40.8. The highest BCUT2D eigenvalue weighted by atomic mass is 14.9. The molecule has 58 valence electrons. The summed E-state index contributed by atoms with van der Waals surface area (Å²) >= 11 is 0. The van der Waals surface area contributed by atoms with Crippen LogP contribution in [0.5, 0.6) is 0 Å². The zero-order valence-electron chi connectivity index (χ0n) is 6.40. The third kappa shape index (κ3) is 1.18. The predicted octanol–water partition coefficient (Wildman–Crippen LogP) is 0.205. The quantitative estimate of drug-likeness (QED) is 0.502. The van der Waals surface area contributed by atoms with Gasteiger partial charge in [0.05, 0.1) is 0 Å². The summed E-state index contributed by atoms with van der Waals surface area (Å²) in [5, 5.41) is 6.91. The fourth-order valence-corrected chi connectivity index (χ4v) is 2.16. The molecule has 0 spiro atoms. The summed E-state index contributed by atoms with van der Waals surface area (Å²) in [6.45, 7) is 5.02. The summed E-state index contributed by atoms with van der Waals surface area (Å²) in [5.74, 6) is 1.96. The van der Waals surface area contributed by atoms with Crippen LogP contribution in [0, 0.1) is 11.8 Å². The van der Waals surface area contributed by atoms with Gasteiger partial charge in [-0.15, -0.1) is 0 Å². The number of nitrogens with one attached hydrogen (secondary N) is 2. The summed E-state index contributed by atoms with van der Waals surface area (Å²) in [4.78, 5) is 0. The Kier molecular flexibility index (Phi) is 1.91. The number of hydrogen-bond donors (Lipinski definition) is 2. The molecule has 0 amide bonds. The van der Waals surface area contributed by atoms with Crippen molar-refractivity contribution in [3.8, 4) is 0 Å². The average molecular weight is 140 g/mol. The molecule has 2 unspecified atom stereocenters. The first-order chi connectivity index (χ1) is 4.97. The Morgan fingerprint density at radius 2 is 1.30 bits per heavy atom. The lowest BCUT2D eigenvalue weighted by Gasteiger charge is -2.36. The van der Waals surface area contributed by atoms with Gasteiger partial charge in [-0.05, 0) is 50.9 Å². The molecule has 2 saturated heterocycles. The van der Waals surface area contributed by atoms with Crippen molar-refractivity contribution in [1.29, 1.82) is 0 Å². The van der Waals surface area contributed by atoms with Gasteiger partial charge in [-0.2, -0.15) is 0 Å². The first kappa shape index (κ1) is 6.62. The minimum absolute atomic E-state index is 0.981. The van der Waals surface area contributed by atoms with Gasteiger partial charge in [-0.3, -0.25) is 0 Å². The number of piperidine rings is 2. The van der Waals surface area contributed by atoms with Gasteiger partial charge in [0.1, 0.15) is 0 Å². The molecule has 0 aromatic carbocycles. The summed E-state index contributed by atoms with van der Waals surface area (Å²) in [5.41, 5.74) is 0. The smallest absolute Gasteiger partial charge is 0.00169 e. The lowest BCUT2D eigenvalue weighted by Crippen LogP contribution is -2.46. The fraction of sp³-hybridized carbons (Fsp3) is 1.00. The van der Waals surface area contributed by atoms with Gasteiger partial charge in [-0.25, -0.2) is 0 Å². The zero-order valence-corrected chi connectivity index (χ0v) is 6.40. The van der Waals surface area contributed by atoms with Crippen LogP contribution >= 0.6 is 0 Å². The molecular formula is C8H16N2. The molecule has 0 aromatic rings. The highest BCUT2D eigenvalue weighted by molar-refractivity contribution is 4.83. The van der Waals surface area contributed by atoms with E-state index < -0.39 is 0 Å². The molecule has 2 aliphatic heterocycles. The van der Waals surface area contributed by atoms with E-state index >= 15 is 0 Å². The van der Waals surface area contributed by atoms with Crippen molar-refractivity contribution in [2.75, 3.05) is 26.2 Å². The molecule has 2 atom stereocenters. The molecule has 2 N–H and O–H groups in total. The van der Waals surface area contributed by atoms with Crippen LogP contribution in [0.15, 0.2) is 0 Å². The van der Waals surface area contributed by atoms with Crippen LogP contribution in [0.25, 0.3) is 0 Å². The van der Waals surface area contributed by atoms with Gasteiger partial charge in [0, 0.05) is 0 Å². The molecule has 10 heavy (non-hydrogen) atoms. The Morgan fingerprint density at radius 1 is 0.800 bits per heavy atom. The van der Waals surface area contributed by atoms with E-state index in [9.17, 15) is 0 Å². The van der Waals surface area contributed by atoms with Crippen LogP contribution in [0.4, 0.5) is 0 Å². The minimum atomic E-state index is 0.981. The van der Waals surface area contributed by atoms with Gasteiger partial charge >= 0.3 is 0 Å². The van der Waals surface area contributed by atoms with E-state index in [-0.39, 0.29) is 0 Å². The lowest BCUT2D eigenvalue weighted by molar-refractivity contribution is 0.200. The van der Waals surface area contributed by atoms with E-state index in [1.807, 2.05) is 0 Å². The standard InChI is InChI=1S/C8H16N2/c1-3-9-6-8-2-4-10-5-7(1)8/h7-10H,1-6H2. The van der Waals surface area contributed by atoms with Crippen LogP contribution in [0.1, 0.15) is 12.8 Å². The third-order valence-electron chi connectivity index (χ3n) is 2.86. The van der Waals surface area contributed by atoms with Crippen molar-refractivity contribution < 1.29 is 0 Å². The van der Waals surface area contributed by atoms with Crippen molar-refractivity contribution in [1.82, 2.24) is 10.6 Å². The van der Waals surface area contributed by atoms with Crippen molar-refractivity contribution >= 4 is 0 Å². The molecule has 0 radical (unpaired) electrons. The molecule has 2 nitrogen and oxygen atoms in total. The highest BCUT2D eigenvalue weighted by Gasteiger charge is 2.26. The Morgan fingerprint density at radius 3 is 1.80 bits per heavy atom. The minimum Gasteiger partial charge on any atom is -0.316 e. The second kappa shape index (κ2) is 2.89. The molecular weight excluding hydrogens is 124 g/mol. The maximum atomic E-state index is 3.46. The van der Waals surface area contributed by atoms with E-state index in [0.717, 1.165) is 11.8 Å². The molecule has 2 fully saturated rings. The molecule has 0 aliphatic carbocycles. The maximum absolute atomic E-state index is 3.46. The van der Waals surface area contributed by atoms with E-state index in [4.69, 9.17) is 0 Å². The molecule has 2 heterocycles. The Bertz CT molecular complexity index is 87.8. The lowest BCUT2D eigenvalue weighted by atomic mass is 9.82. The maximum Gasteiger partial charge on any atom is -0.00169 e. The van der Waals surface area contributed by atoms with Gasteiger partial charge in [0.25, 0.3) is 0 Å². The van der Waals surface area contributed by atoms with Crippen molar-refractivity contribution in [2.45, 2.75) is 12.8 Å². The second-order valence-corrected chi connectivity index (χ2v) is 3.51. The fourth-order valence-electron chi connectivity index (χ4n) is 2.16. The van der Waals surface area contributed by atoms with Crippen LogP contribution in [0.2, 0.25) is 0 Å². The SMILES string of the molecule is C1CC2CNCCC2CN1. The molecule has 2 rings (SSSR count). The summed E-state index contributed by atoms with van der Waals surface area (Å²) < 4.78 is 0. The second-order valence-electron chi connectivity index (χ2n) is 3.51. The Balaban J connectivity index is 1.93. The number of fused-ring (bicyclic) bond motifs is 1. The summed E-state index contributed by atoms with van der Waals surface area (Å²) in [7, 11) is 0. The largest absolute Gasteiger partial charge is 0.316 e. The van der Waals surface area contributed by atoms with Crippen LogP contribution < -0.4 is 10.6 Å². The van der Waals surface area contributed by atoms with Gasteiger partial charge in [0.2, 0.25) is 0 Å². The van der Waals surface area contributed by atoms with Gasteiger partial charge in [-0.1, -0.05) is 0 Å². The van der Waals surface area contributed by atoms with E-state index in [0.29, 0.717) is 0 Å². The number of rotatable bonds is 0. The zero-order chi connectivity index (χ0) is 6.81. The molecule has 2 heteroatoms. The predicted molar refractivity (Wildman–Crippen MR) is 42.0 cm³/mol. The first-order valence-electron chi connectivity index (χ1n) is 4.38. The Labute approximate surface area is 62.4 Å². The highest BCUT2D eigenvalue weighted by Crippen LogP contribution is 2.23. The topological polar surface area (TPSA) is 24.1 Å². The summed E-state index contributed by atoms with van der Waals surface area (Å²) in [6, 6.07) is 0. The first-order valence-corrected chi connectivity index (χ1v) is 4.38. The van der Waals surface area contributed by atoms with Gasteiger partial charge < -0.3 is 10.6 Å².